The zero-order valence-electron chi connectivity index (χ0n) is 13.7. The van der Waals surface area contributed by atoms with Gasteiger partial charge in [-0.25, -0.2) is 8.42 Å². The van der Waals surface area contributed by atoms with Gasteiger partial charge >= 0.3 is 0 Å². The minimum atomic E-state index is -3.63. The molecule has 0 unspecified atom stereocenters. The van der Waals surface area contributed by atoms with Gasteiger partial charge in [0.2, 0.25) is 9.84 Å². The largest absolute Gasteiger partial charge is 0.386 e. The second-order valence-electron chi connectivity index (χ2n) is 6.67. The van der Waals surface area contributed by atoms with Crippen molar-refractivity contribution in [3.8, 4) is 0 Å². The first kappa shape index (κ1) is 17.7. The molecule has 5 heteroatoms. The van der Waals surface area contributed by atoms with Crippen LogP contribution in [0.3, 0.4) is 0 Å². The van der Waals surface area contributed by atoms with E-state index in [4.69, 9.17) is 0 Å². The van der Waals surface area contributed by atoms with Crippen molar-refractivity contribution in [1.82, 2.24) is 0 Å². The lowest BCUT2D eigenvalue weighted by Crippen LogP contribution is -2.16. The average molecular weight is 334 g/mol. The van der Waals surface area contributed by atoms with E-state index >= 15 is 0 Å². The SMILES string of the molecule is CC(C)(O)c1ccc(S(=O)(=O)c2ccc(C(C)(C)O)cc2)cc1. The van der Waals surface area contributed by atoms with E-state index in [2.05, 4.69) is 0 Å². The van der Waals surface area contributed by atoms with E-state index in [-0.39, 0.29) is 9.79 Å². The molecule has 0 amide bonds. The molecule has 0 aliphatic carbocycles. The first-order valence-electron chi connectivity index (χ1n) is 7.33. The van der Waals surface area contributed by atoms with Crippen molar-refractivity contribution in [3.63, 3.8) is 0 Å². The highest BCUT2D eigenvalue weighted by atomic mass is 32.2. The predicted molar refractivity (Wildman–Crippen MR) is 88.8 cm³/mol. The summed E-state index contributed by atoms with van der Waals surface area (Å²) in [4.78, 5) is 0.336. The molecule has 0 heterocycles. The molecule has 0 atom stereocenters. The average Bonchev–Trinajstić information content (AvgIpc) is 2.46. The van der Waals surface area contributed by atoms with Crippen molar-refractivity contribution in [1.29, 1.82) is 0 Å². The summed E-state index contributed by atoms with van der Waals surface area (Å²) in [7, 11) is -3.63. The highest BCUT2D eigenvalue weighted by molar-refractivity contribution is 7.91. The maximum absolute atomic E-state index is 12.6. The third-order valence-corrected chi connectivity index (χ3v) is 5.53. The summed E-state index contributed by atoms with van der Waals surface area (Å²) in [5, 5.41) is 19.9. The summed E-state index contributed by atoms with van der Waals surface area (Å²) >= 11 is 0. The maximum atomic E-state index is 12.6. The molecular formula is C18H22O4S. The van der Waals surface area contributed by atoms with E-state index in [1.54, 1.807) is 52.0 Å². The topological polar surface area (TPSA) is 74.6 Å². The third kappa shape index (κ3) is 3.80. The maximum Gasteiger partial charge on any atom is 0.206 e. The van der Waals surface area contributed by atoms with Crippen LogP contribution >= 0.6 is 0 Å². The second kappa shape index (κ2) is 5.74. The molecule has 0 saturated carbocycles. The van der Waals surface area contributed by atoms with Crippen LogP contribution in [0.4, 0.5) is 0 Å². The number of hydrogen-bond donors (Lipinski definition) is 2. The molecule has 0 bridgehead atoms. The Labute approximate surface area is 137 Å². The molecule has 0 saturated heterocycles. The molecule has 0 aliphatic heterocycles. The lowest BCUT2D eigenvalue weighted by molar-refractivity contribution is 0.0780. The van der Waals surface area contributed by atoms with Crippen LogP contribution in [-0.4, -0.2) is 18.6 Å². The van der Waals surface area contributed by atoms with Gasteiger partial charge in [0.1, 0.15) is 0 Å². The Kier molecular flexibility index (Phi) is 4.41. The van der Waals surface area contributed by atoms with Crippen molar-refractivity contribution in [2.24, 2.45) is 0 Å². The molecular weight excluding hydrogens is 312 g/mol. The van der Waals surface area contributed by atoms with Crippen molar-refractivity contribution < 1.29 is 18.6 Å². The molecule has 0 aromatic heterocycles. The van der Waals surface area contributed by atoms with Gasteiger partial charge in [-0.2, -0.15) is 0 Å². The normalized spacial score (nSPS) is 13.1. The zero-order valence-corrected chi connectivity index (χ0v) is 14.6. The van der Waals surface area contributed by atoms with Gasteiger partial charge in [0.05, 0.1) is 21.0 Å². The van der Waals surface area contributed by atoms with Crippen LogP contribution in [0.2, 0.25) is 0 Å². The van der Waals surface area contributed by atoms with E-state index in [1.807, 2.05) is 0 Å². The van der Waals surface area contributed by atoms with Crippen molar-refractivity contribution in [3.05, 3.63) is 59.7 Å². The zero-order chi connectivity index (χ0) is 17.5. The smallest absolute Gasteiger partial charge is 0.206 e. The van der Waals surface area contributed by atoms with Gasteiger partial charge in [0.25, 0.3) is 0 Å². The third-order valence-electron chi connectivity index (χ3n) is 3.74. The molecule has 2 rings (SSSR count). The van der Waals surface area contributed by atoms with Crippen LogP contribution in [0.25, 0.3) is 0 Å². The van der Waals surface area contributed by atoms with Crippen LogP contribution in [-0.2, 0) is 21.0 Å². The molecule has 124 valence electrons. The summed E-state index contributed by atoms with van der Waals surface area (Å²) in [6.07, 6.45) is 0. The predicted octanol–water partition coefficient (Wildman–Crippen LogP) is 2.97. The molecule has 2 aromatic carbocycles. The molecule has 0 fully saturated rings. The van der Waals surface area contributed by atoms with Crippen LogP contribution in [0.1, 0.15) is 38.8 Å². The van der Waals surface area contributed by atoms with Crippen LogP contribution in [0.5, 0.6) is 0 Å². The second-order valence-corrected chi connectivity index (χ2v) is 8.62. The standard InChI is InChI=1S/C18H22O4S/c1-17(2,19)13-5-9-15(10-6-13)23(21,22)16-11-7-14(8-12-16)18(3,4)20/h5-12,19-20H,1-4H3. The fraction of sp³-hybridized carbons (Fsp3) is 0.333. The Bertz CT molecular complexity index is 711. The molecule has 2 aromatic rings. The molecule has 4 nitrogen and oxygen atoms in total. The Morgan fingerprint density at radius 1 is 0.652 bits per heavy atom. The van der Waals surface area contributed by atoms with E-state index in [0.29, 0.717) is 11.1 Å². The quantitative estimate of drug-likeness (QED) is 0.901. The molecule has 0 radical (unpaired) electrons. The molecule has 23 heavy (non-hydrogen) atoms. The molecule has 2 N–H and O–H groups in total. The van der Waals surface area contributed by atoms with Gasteiger partial charge in [0.15, 0.2) is 0 Å². The Balaban J connectivity index is 2.39. The molecule has 0 aliphatic rings. The molecule has 0 spiro atoms. The minimum absolute atomic E-state index is 0.168. The van der Waals surface area contributed by atoms with Gasteiger partial charge in [-0.1, -0.05) is 24.3 Å². The highest BCUT2D eigenvalue weighted by Crippen LogP contribution is 2.27. The number of hydrogen-bond acceptors (Lipinski definition) is 4. The summed E-state index contributed by atoms with van der Waals surface area (Å²) in [5.74, 6) is 0. The van der Waals surface area contributed by atoms with Gasteiger partial charge < -0.3 is 10.2 Å². The summed E-state index contributed by atoms with van der Waals surface area (Å²) in [6.45, 7) is 6.58. The van der Waals surface area contributed by atoms with Crippen LogP contribution in [0, 0.1) is 0 Å². The number of benzene rings is 2. The van der Waals surface area contributed by atoms with E-state index in [0.717, 1.165) is 0 Å². The Morgan fingerprint density at radius 2 is 0.913 bits per heavy atom. The fourth-order valence-electron chi connectivity index (χ4n) is 2.22. The van der Waals surface area contributed by atoms with Gasteiger partial charge in [-0.15, -0.1) is 0 Å². The van der Waals surface area contributed by atoms with Crippen molar-refractivity contribution in [2.75, 3.05) is 0 Å². The van der Waals surface area contributed by atoms with Crippen LogP contribution in [0.15, 0.2) is 58.3 Å². The number of aliphatic hydroxyl groups is 2. The summed E-state index contributed by atoms with van der Waals surface area (Å²) < 4.78 is 25.3. The van der Waals surface area contributed by atoms with E-state index in [1.165, 1.54) is 24.3 Å². The number of rotatable bonds is 4. The fourth-order valence-corrected chi connectivity index (χ4v) is 3.48. The monoisotopic (exact) mass is 334 g/mol. The lowest BCUT2D eigenvalue weighted by Gasteiger charge is -2.18. The lowest BCUT2D eigenvalue weighted by atomic mass is 9.99. The minimum Gasteiger partial charge on any atom is -0.386 e. The van der Waals surface area contributed by atoms with Gasteiger partial charge in [-0.05, 0) is 63.1 Å². The Hall–Kier alpha value is -1.69. The summed E-state index contributed by atoms with van der Waals surface area (Å²) in [6, 6.07) is 12.4. The van der Waals surface area contributed by atoms with E-state index in [9.17, 15) is 18.6 Å². The van der Waals surface area contributed by atoms with Gasteiger partial charge in [0, 0.05) is 0 Å². The van der Waals surface area contributed by atoms with Crippen LogP contribution < -0.4 is 0 Å². The summed E-state index contributed by atoms with van der Waals surface area (Å²) in [5.41, 5.74) is -0.740. The first-order valence-corrected chi connectivity index (χ1v) is 8.81. The van der Waals surface area contributed by atoms with Crippen molar-refractivity contribution in [2.45, 2.75) is 48.7 Å². The number of sulfone groups is 1. The van der Waals surface area contributed by atoms with E-state index < -0.39 is 21.0 Å². The van der Waals surface area contributed by atoms with Crippen molar-refractivity contribution >= 4 is 9.84 Å². The Morgan fingerprint density at radius 3 is 1.13 bits per heavy atom. The first-order chi connectivity index (χ1) is 10.4. The highest BCUT2D eigenvalue weighted by Gasteiger charge is 2.22. The van der Waals surface area contributed by atoms with Gasteiger partial charge in [-0.3, -0.25) is 0 Å².